The van der Waals surface area contributed by atoms with Gasteiger partial charge in [0, 0.05) is 0 Å². The summed E-state index contributed by atoms with van der Waals surface area (Å²) in [6.07, 6.45) is 4.65. The van der Waals surface area contributed by atoms with E-state index in [-0.39, 0.29) is 21.2 Å². The molecule has 0 aliphatic carbocycles. The van der Waals surface area contributed by atoms with Crippen LogP contribution in [0.25, 0.3) is 0 Å². The van der Waals surface area contributed by atoms with Gasteiger partial charge < -0.3 is 0 Å². The van der Waals surface area contributed by atoms with Crippen LogP contribution in [0.15, 0.2) is 19.8 Å². The first-order valence-corrected chi connectivity index (χ1v) is 7.30. The van der Waals surface area contributed by atoms with Crippen LogP contribution >= 0.6 is 22.6 Å². The molecule has 1 fully saturated rings. The van der Waals surface area contributed by atoms with Crippen molar-refractivity contribution in [3.63, 3.8) is 0 Å². The summed E-state index contributed by atoms with van der Waals surface area (Å²) in [6.45, 7) is 1.67. The van der Waals surface area contributed by atoms with E-state index >= 15 is 0 Å². The average molecular weight is 391 g/mol. The van der Waals surface area contributed by atoms with Crippen LogP contribution < -0.4 is 21.2 Å². The Morgan fingerprint density at radius 1 is 1.75 bits per heavy atom. The second kappa shape index (κ2) is 4.39. The van der Waals surface area contributed by atoms with E-state index in [2.05, 4.69) is 38.8 Å². The number of ether oxygens (including phenoxy) is 2. The summed E-state index contributed by atoms with van der Waals surface area (Å²) in [7, 11) is 0. The molecule has 0 amide bonds. The SMILES string of the molecule is IC1=CC=C[I-]C1OCC1CO1. The zero-order chi connectivity index (χ0) is 8.39. The van der Waals surface area contributed by atoms with Crippen LogP contribution in [0.3, 0.4) is 0 Å². The van der Waals surface area contributed by atoms with E-state index in [4.69, 9.17) is 9.47 Å². The number of rotatable bonds is 3. The van der Waals surface area contributed by atoms with Gasteiger partial charge in [-0.2, -0.15) is 0 Å². The van der Waals surface area contributed by atoms with Crippen LogP contribution in [-0.2, 0) is 9.47 Å². The van der Waals surface area contributed by atoms with Crippen molar-refractivity contribution in [1.82, 2.24) is 0 Å². The van der Waals surface area contributed by atoms with Gasteiger partial charge in [-0.3, -0.25) is 0 Å². The predicted octanol–water partition coefficient (Wildman–Crippen LogP) is -1.34. The third-order valence-corrected chi connectivity index (χ3v) is 6.19. The van der Waals surface area contributed by atoms with E-state index in [9.17, 15) is 0 Å². The molecule has 0 saturated carbocycles. The normalized spacial score (nSPS) is 33.9. The molecule has 0 aromatic heterocycles. The fourth-order valence-corrected chi connectivity index (χ4v) is 3.93. The van der Waals surface area contributed by atoms with Crippen LogP contribution in [0.4, 0.5) is 0 Å². The third kappa shape index (κ3) is 2.68. The van der Waals surface area contributed by atoms with E-state index in [1.165, 1.54) is 3.58 Å². The molecule has 2 aliphatic heterocycles. The van der Waals surface area contributed by atoms with Gasteiger partial charge in [0.15, 0.2) is 0 Å². The molecule has 0 aromatic rings. The molecule has 2 atom stereocenters. The fourth-order valence-electron chi connectivity index (χ4n) is 0.844. The molecule has 0 N–H and O–H groups in total. The van der Waals surface area contributed by atoms with E-state index in [0.717, 1.165) is 13.2 Å². The summed E-state index contributed by atoms with van der Waals surface area (Å²) in [5.74, 6) is 0. The molecule has 2 rings (SSSR count). The van der Waals surface area contributed by atoms with Crippen LogP contribution in [0, 0.1) is 0 Å². The monoisotopic (exact) mass is 391 g/mol. The zero-order valence-corrected chi connectivity index (χ0v) is 10.7. The summed E-state index contributed by atoms with van der Waals surface area (Å²) in [5.41, 5.74) is 0. The van der Waals surface area contributed by atoms with Gasteiger partial charge in [-0.15, -0.1) is 0 Å². The van der Waals surface area contributed by atoms with E-state index in [0.29, 0.717) is 10.2 Å². The topological polar surface area (TPSA) is 21.8 Å². The van der Waals surface area contributed by atoms with Crippen molar-refractivity contribution in [1.29, 1.82) is 0 Å². The molecule has 1 saturated heterocycles. The number of allylic oxidation sites excluding steroid dienone is 2. The van der Waals surface area contributed by atoms with Crippen LogP contribution in [-0.4, -0.2) is 23.4 Å². The maximum atomic E-state index is 5.72. The minimum atomic E-state index is 0.0703. The summed E-state index contributed by atoms with van der Waals surface area (Å²) in [4.78, 5) is 0. The maximum absolute atomic E-state index is 5.72. The molecule has 68 valence electrons. The average Bonchev–Trinajstić information content (AvgIpc) is 2.86. The molecule has 0 bridgehead atoms. The van der Waals surface area contributed by atoms with Crippen molar-refractivity contribution in [2.24, 2.45) is 0 Å². The molecule has 0 spiro atoms. The molecule has 2 aliphatic rings. The van der Waals surface area contributed by atoms with E-state index in [1.54, 1.807) is 0 Å². The number of hydrogen-bond donors (Lipinski definition) is 0. The van der Waals surface area contributed by atoms with Crippen molar-refractivity contribution in [2.45, 2.75) is 10.2 Å². The van der Waals surface area contributed by atoms with Gasteiger partial charge in [0.05, 0.1) is 0 Å². The first-order valence-electron chi connectivity index (χ1n) is 3.73. The Bertz CT molecular complexity index is 221. The van der Waals surface area contributed by atoms with Crippen molar-refractivity contribution in [3.8, 4) is 0 Å². The summed E-state index contributed by atoms with van der Waals surface area (Å²) in [6, 6.07) is 0. The Morgan fingerprint density at radius 3 is 3.25 bits per heavy atom. The Labute approximate surface area is 95.8 Å². The Hall–Kier alpha value is 0.860. The standard InChI is InChI=1S/C8H9I2O2/c9-7-2-1-3-10-8(7)12-5-6-4-11-6/h1-3,6,8H,4-5H2/q-1. The summed E-state index contributed by atoms with van der Waals surface area (Å²) >= 11 is 2.43. The molecule has 0 aromatic carbocycles. The molecule has 2 unspecified atom stereocenters. The molecule has 4 heteroatoms. The van der Waals surface area contributed by atoms with Crippen LogP contribution in [0.1, 0.15) is 0 Å². The quantitative estimate of drug-likeness (QED) is 0.338. The summed E-state index contributed by atoms with van der Waals surface area (Å²) in [5, 5.41) is 0. The number of halogens is 2. The van der Waals surface area contributed by atoms with Gasteiger partial charge in [-0.05, 0) is 0 Å². The van der Waals surface area contributed by atoms with Crippen LogP contribution in [0.5, 0.6) is 0 Å². The number of alkyl halides is 1. The first-order chi connectivity index (χ1) is 5.86. The molecule has 2 heterocycles. The molecular weight excluding hydrogens is 382 g/mol. The Balaban J connectivity index is 1.78. The van der Waals surface area contributed by atoms with Gasteiger partial charge >= 0.3 is 96.5 Å². The second-order valence-corrected chi connectivity index (χ2v) is 6.42. The predicted molar refractivity (Wildman–Crippen MR) is 50.7 cm³/mol. The van der Waals surface area contributed by atoms with Gasteiger partial charge in [0.25, 0.3) is 0 Å². The second-order valence-electron chi connectivity index (χ2n) is 2.60. The molecule has 2 nitrogen and oxygen atoms in total. The van der Waals surface area contributed by atoms with Gasteiger partial charge in [0.2, 0.25) is 0 Å². The zero-order valence-electron chi connectivity index (χ0n) is 6.37. The van der Waals surface area contributed by atoms with Crippen molar-refractivity contribution in [2.75, 3.05) is 13.2 Å². The Morgan fingerprint density at radius 2 is 2.58 bits per heavy atom. The van der Waals surface area contributed by atoms with E-state index < -0.39 is 0 Å². The van der Waals surface area contributed by atoms with E-state index in [1.807, 2.05) is 0 Å². The molecule has 0 radical (unpaired) electrons. The van der Waals surface area contributed by atoms with Crippen molar-refractivity contribution in [3.05, 3.63) is 19.8 Å². The Kier molecular flexibility index (Phi) is 3.44. The van der Waals surface area contributed by atoms with Gasteiger partial charge in [-0.1, -0.05) is 0 Å². The first kappa shape index (κ1) is 9.42. The number of epoxide rings is 1. The van der Waals surface area contributed by atoms with Crippen LogP contribution in [0.2, 0.25) is 0 Å². The molecule has 12 heavy (non-hydrogen) atoms. The summed E-state index contributed by atoms with van der Waals surface area (Å²) < 4.78 is 14.8. The third-order valence-electron chi connectivity index (χ3n) is 1.56. The van der Waals surface area contributed by atoms with Crippen molar-refractivity contribution >= 4 is 22.6 Å². The van der Waals surface area contributed by atoms with Crippen molar-refractivity contribution < 1.29 is 30.7 Å². The fraction of sp³-hybridized carbons (Fsp3) is 0.500. The minimum absolute atomic E-state index is 0.0703. The molecular formula is C8H9I2O2-. The van der Waals surface area contributed by atoms with Gasteiger partial charge in [-0.25, -0.2) is 0 Å². The van der Waals surface area contributed by atoms with Gasteiger partial charge in [0.1, 0.15) is 0 Å². The number of hydrogen-bond acceptors (Lipinski definition) is 2.